The fraction of sp³-hybridized carbons (Fsp3) is 0.0952. The van der Waals surface area contributed by atoms with Gasteiger partial charge in [0.1, 0.15) is 0 Å². The first-order valence-corrected chi connectivity index (χ1v) is 9.90. The molecular formula is C21H16BrClN4O. The zero-order chi connectivity index (χ0) is 19.5. The smallest absolute Gasteiger partial charge is 0.253 e. The molecule has 0 unspecified atom stereocenters. The van der Waals surface area contributed by atoms with Crippen molar-refractivity contribution in [2.24, 2.45) is 0 Å². The second-order valence-corrected chi connectivity index (χ2v) is 7.55. The summed E-state index contributed by atoms with van der Waals surface area (Å²) >= 11 is 9.84. The van der Waals surface area contributed by atoms with Gasteiger partial charge in [-0.25, -0.2) is 9.97 Å². The van der Waals surface area contributed by atoms with E-state index in [-0.39, 0.29) is 5.91 Å². The number of aromatic nitrogens is 3. The molecular weight excluding hydrogens is 440 g/mol. The zero-order valence-corrected chi connectivity index (χ0v) is 17.1. The summed E-state index contributed by atoms with van der Waals surface area (Å²) < 4.78 is 2.82. The number of benzene rings is 2. The highest BCUT2D eigenvalue weighted by Crippen LogP contribution is 2.30. The first-order valence-electron chi connectivity index (χ1n) is 8.73. The predicted octanol–water partition coefficient (Wildman–Crippen LogP) is 4.81. The number of halogens is 2. The lowest BCUT2D eigenvalue weighted by Crippen LogP contribution is -2.25. The van der Waals surface area contributed by atoms with Crippen LogP contribution in [0.1, 0.15) is 15.9 Å². The third-order valence-electron chi connectivity index (χ3n) is 4.40. The average Bonchev–Trinajstić information content (AvgIpc) is 3.11. The molecule has 0 aliphatic heterocycles. The van der Waals surface area contributed by atoms with Crippen LogP contribution in [0, 0.1) is 0 Å². The number of fused-ring (bicyclic) bond motifs is 1. The van der Waals surface area contributed by atoms with Crippen molar-refractivity contribution in [3.05, 3.63) is 87.7 Å². The van der Waals surface area contributed by atoms with Crippen LogP contribution in [0.5, 0.6) is 0 Å². The number of carbonyl (C=O) groups excluding carboxylic acids is 1. The molecule has 1 N–H and O–H groups in total. The maximum Gasteiger partial charge on any atom is 0.253 e. The number of carbonyl (C=O) groups is 1. The maximum absolute atomic E-state index is 12.9. The molecule has 7 heteroatoms. The van der Waals surface area contributed by atoms with Crippen LogP contribution in [0.3, 0.4) is 0 Å². The van der Waals surface area contributed by atoms with Crippen LogP contribution >= 0.6 is 27.5 Å². The molecule has 4 rings (SSSR count). The topological polar surface area (TPSA) is 59.8 Å². The molecule has 5 nitrogen and oxygen atoms in total. The lowest BCUT2D eigenvalue weighted by Gasteiger charge is -2.05. The Morgan fingerprint density at radius 3 is 2.57 bits per heavy atom. The van der Waals surface area contributed by atoms with Crippen molar-refractivity contribution in [3.63, 3.8) is 0 Å². The van der Waals surface area contributed by atoms with Crippen molar-refractivity contribution in [3.8, 4) is 5.95 Å². The van der Waals surface area contributed by atoms with Gasteiger partial charge < -0.3 is 5.32 Å². The number of amides is 1. The number of nitrogens with zero attached hydrogens (tertiary/aromatic N) is 3. The van der Waals surface area contributed by atoms with E-state index in [9.17, 15) is 4.79 Å². The summed E-state index contributed by atoms with van der Waals surface area (Å²) in [5.74, 6) is 0.313. The number of hydrogen-bond acceptors (Lipinski definition) is 3. The Hall–Kier alpha value is -2.70. The van der Waals surface area contributed by atoms with E-state index in [1.165, 1.54) is 0 Å². The van der Waals surface area contributed by atoms with E-state index in [4.69, 9.17) is 11.6 Å². The first kappa shape index (κ1) is 18.7. The van der Waals surface area contributed by atoms with E-state index in [2.05, 4.69) is 31.2 Å². The molecule has 2 aromatic heterocycles. The molecule has 140 valence electrons. The van der Waals surface area contributed by atoms with E-state index in [0.29, 0.717) is 28.5 Å². The third-order valence-corrected chi connectivity index (χ3v) is 5.25. The van der Waals surface area contributed by atoms with Gasteiger partial charge in [-0.05, 0) is 42.3 Å². The van der Waals surface area contributed by atoms with Crippen molar-refractivity contribution in [1.82, 2.24) is 19.9 Å². The van der Waals surface area contributed by atoms with Crippen LogP contribution in [0.25, 0.3) is 16.9 Å². The lowest BCUT2D eigenvalue weighted by molar-refractivity contribution is 0.0955. The lowest BCUT2D eigenvalue weighted by atomic mass is 10.1. The number of hydrogen-bond donors (Lipinski definition) is 1. The van der Waals surface area contributed by atoms with Crippen molar-refractivity contribution < 1.29 is 4.79 Å². The van der Waals surface area contributed by atoms with Crippen molar-refractivity contribution in [1.29, 1.82) is 0 Å². The zero-order valence-electron chi connectivity index (χ0n) is 14.8. The van der Waals surface area contributed by atoms with Crippen LogP contribution in [-0.4, -0.2) is 27.0 Å². The van der Waals surface area contributed by atoms with Crippen molar-refractivity contribution in [2.75, 3.05) is 6.54 Å². The minimum atomic E-state index is -0.176. The first-order chi connectivity index (χ1) is 13.6. The largest absolute Gasteiger partial charge is 0.352 e. The molecule has 0 saturated heterocycles. The number of rotatable bonds is 5. The summed E-state index contributed by atoms with van der Waals surface area (Å²) in [6, 6.07) is 15.3. The highest BCUT2D eigenvalue weighted by molar-refractivity contribution is 9.10. The van der Waals surface area contributed by atoms with Crippen LogP contribution in [0.15, 0.2) is 71.6 Å². The summed E-state index contributed by atoms with van der Waals surface area (Å²) in [6.45, 7) is 0.527. The van der Waals surface area contributed by atoms with Gasteiger partial charge in [-0.1, -0.05) is 45.7 Å². The Balaban J connectivity index is 1.61. The van der Waals surface area contributed by atoms with Gasteiger partial charge >= 0.3 is 0 Å². The van der Waals surface area contributed by atoms with Crippen molar-refractivity contribution >= 4 is 44.3 Å². The van der Waals surface area contributed by atoms with Gasteiger partial charge in [0, 0.05) is 35.0 Å². The van der Waals surface area contributed by atoms with Gasteiger partial charge in [0.05, 0.1) is 16.1 Å². The highest BCUT2D eigenvalue weighted by atomic mass is 79.9. The standard InChI is InChI=1S/C21H16BrClN4O/c22-15-7-5-14(6-8-15)9-12-24-20(28)16-13-27(21-25-10-2-11-26-21)18-4-1-3-17(23)19(16)18/h1-8,10-11,13H,9,12H2,(H,24,28). The number of nitrogens with one attached hydrogen (secondary N) is 1. The molecule has 0 aliphatic carbocycles. The molecule has 2 aromatic carbocycles. The molecule has 1 amide bonds. The Labute approximate surface area is 175 Å². The molecule has 0 bridgehead atoms. The molecule has 0 atom stereocenters. The van der Waals surface area contributed by atoms with E-state index in [1.54, 1.807) is 35.3 Å². The second kappa shape index (κ2) is 8.12. The van der Waals surface area contributed by atoms with Crippen LogP contribution in [0.2, 0.25) is 5.02 Å². The summed E-state index contributed by atoms with van der Waals surface area (Å²) in [6.07, 6.45) is 5.81. The molecule has 4 aromatic rings. The van der Waals surface area contributed by atoms with Gasteiger partial charge in [-0.2, -0.15) is 0 Å². The van der Waals surface area contributed by atoms with Gasteiger partial charge in [0.2, 0.25) is 5.95 Å². The van der Waals surface area contributed by atoms with E-state index >= 15 is 0 Å². The van der Waals surface area contributed by atoms with Crippen LogP contribution in [-0.2, 0) is 6.42 Å². The SMILES string of the molecule is O=C(NCCc1ccc(Br)cc1)c1cn(-c2ncccn2)c2cccc(Cl)c12. The summed E-state index contributed by atoms with van der Waals surface area (Å²) in [7, 11) is 0. The quantitative estimate of drug-likeness (QED) is 0.470. The second-order valence-electron chi connectivity index (χ2n) is 6.23. The highest BCUT2D eigenvalue weighted by Gasteiger charge is 2.18. The minimum absolute atomic E-state index is 0.176. The van der Waals surface area contributed by atoms with Crippen molar-refractivity contribution in [2.45, 2.75) is 6.42 Å². The molecule has 0 aliphatic rings. The molecule has 0 spiro atoms. The summed E-state index contributed by atoms with van der Waals surface area (Å²) in [5.41, 5.74) is 2.45. The van der Waals surface area contributed by atoms with Gasteiger partial charge in [-0.15, -0.1) is 0 Å². The van der Waals surface area contributed by atoms with Crippen LogP contribution < -0.4 is 5.32 Å². The fourth-order valence-corrected chi connectivity index (χ4v) is 3.60. The monoisotopic (exact) mass is 454 g/mol. The summed E-state index contributed by atoms with van der Waals surface area (Å²) in [5, 5.41) is 4.19. The molecule has 0 saturated carbocycles. The molecule has 0 radical (unpaired) electrons. The van der Waals surface area contributed by atoms with E-state index in [1.807, 2.05) is 36.4 Å². The van der Waals surface area contributed by atoms with Crippen LogP contribution in [0.4, 0.5) is 0 Å². The Morgan fingerprint density at radius 1 is 1.07 bits per heavy atom. The Morgan fingerprint density at radius 2 is 1.82 bits per heavy atom. The normalized spacial score (nSPS) is 10.9. The van der Waals surface area contributed by atoms with E-state index < -0.39 is 0 Å². The average molecular weight is 456 g/mol. The molecule has 2 heterocycles. The minimum Gasteiger partial charge on any atom is -0.352 e. The summed E-state index contributed by atoms with van der Waals surface area (Å²) in [4.78, 5) is 21.4. The predicted molar refractivity (Wildman–Crippen MR) is 114 cm³/mol. The van der Waals surface area contributed by atoms with Gasteiger partial charge in [-0.3, -0.25) is 9.36 Å². The fourth-order valence-electron chi connectivity index (χ4n) is 3.06. The van der Waals surface area contributed by atoms with E-state index in [0.717, 1.165) is 22.0 Å². The molecule has 28 heavy (non-hydrogen) atoms. The Kier molecular flexibility index (Phi) is 5.41. The van der Waals surface area contributed by atoms with Gasteiger partial charge in [0.15, 0.2) is 0 Å². The maximum atomic E-state index is 12.9. The molecule has 0 fully saturated rings. The third kappa shape index (κ3) is 3.79. The Bertz CT molecular complexity index is 1130. The van der Waals surface area contributed by atoms with Gasteiger partial charge in [0.25, 0.3) is 5.91 Å².